The van der Waals surface area contributed by atoms with Crippen molar-refractivity contribution in [2.75, 3.05) is 38.0 Å². The van der Waals surface area contributed by atoms with Gasteiger partial charge in [-0.3, -0.25) is 39.1 Å². The first-order valence-corrected chi connectivity index (χ1v) is 20.0. The fourth-order valence-corrected chi connectivity index (χ4v) is 8.46. The van der Waals surface area contributed by atoms with Gasteiger partial charge in [0.05, 0.1) is 45.8 Å². The smallest absolute Gasteiger partial charge is 0.410 e. The molecule has 5 aliphatic rings. The summed E-state index contributed by atoms with van der Waals surface area (Å²) in [4.78, 5) is 76.2. The first-order chi connectivity index (χ1) is 27.4. The molecule has 2 unspecified atom stereocenters. The molecule has 2 atom stereocenters. The Balaban J connectivity index is 0.868. The minimum absolute atomic E-state index is 0.0795. The number of piperazine rings is 1. The zero-order valence-corrected chi connectivity index (χ0v) is 32.4. The van der Waals surface area contributed by atoms with E-state index in [9.17, 15) is 24.0 Å². The second-order valence-corrected chi connectivity index (χ2v) is 17.1. The molecule has 2 saturated heterocycles. The molecule has 296 valence electrons. The fraction of sp³-hybridized carbons (Fsp3) is 0.476. The number of nitrogens with one attached hydrogen (secondary N) is 3. The SMILES string of the molecule is CC(C)(C)C(OC(=O)N1CCNCC1)c1ccc2ncc(-c3cn([C@H]4C[C@H](CNc5ccc6c(c5)C(=O)N(C5CCC(=O)NC5=O)C6=O)C4)nc3C3CC3)nc2c1. The Morgan fingerprint density at radius 2 is 1.72 bits per heavy atom. The van der Waals surface area contributed by atoms with Crippen molar-refractivity contribution in [3.63, 3.8) is 0 Å². The molecular formula is C42H47N9O6. The van der Waals surface area contributed by atoms with Gasteiger partial charge in [0.1, 0.15) is 12.1 Å². The number of carbonyl (C=O) groups excluding carboxylic acids is 5. The lowest BCUT2D eigenvalue weighted by Crippen LogP contribution is -2.54. The van der Waals surface area contributed by atoms with Crippen molar-refractivity contribution in [2.45, 2.75) is 83.4 Å². The Morgan fingerprint density at radius 3 is 2.46 bits per heavy atom. The average Bonchev–Trinajstić information content (AvgIpc) is 3.89. The van der Waals surface area contributed by atoms with Gasteiger partial charge < -0.3 is 20.3 Å². The summed E-state index contributed by atoms with van der Waals surface area (Å²) >= 11 is 0. The number of piperidine rings is 1. The number of hydrogen-bond donors (Lipinski definition) is 3. The van der Waals surface area contributed by atoms with Crippen LogP contribution in [-0.2, 0) is 14.3 Å². The van der Waals surface area contributed by atoms with Crippen LogP contribution in [0.25, 0.3) is 22.3 Å². The Kier molecular flexibility index (Phi) is 9.29. The summed E-state index contributed by atoms with van der Waals surface area (Å²) in [5, 5.41) is 14.1. The number of benzene rings is 2. The van der Waals surface area contributed by atoms with Gasteiger partial charge in [-0.2, -0.15) is 5.10 Å². The van der Waals surface area contributed by atoms with Crippen LogP contribution >= 0.6 is 0 Å². The molecule has 15 heteroatoms. The molecule has 2 saturated carbocycles. The van der Waals surface area contributed by atoms with Gasteiger partial charge >= 0.3 is 6.09 Å². The summed E-state index contributed by atoms with van der Waals surface area (Å²) in [5.41, 5.74) is 6.12. The first kappa shape index (κ1) is 36.9. The summed E-state index contributed by atoms with van der Waals surface area (Å²) in [7, 11) is 0. The van der Waals surface area contributed by atoms with Crippen LogP contribution in [0.5, 0.6) is 0 Å². The first-order valence-electron chi connectivity index (χ1n) is 20.0. The number of ether oxygens (including phenoxy) is 1. The van der Waals surface area contributed by atoms with Crippen LogP contribution in [0.15, 0.2) is 48.8 Å². The minimum atomic E-state index is -0.991. The number of nitrogens with zero attached hydrogens (tertiary/aromatic N) is 6. The van der Waals surface area contributed by atoms with Gasteiger partial charge in [0.15, 0.2) is 0 Å². The Labute approximate surface area is 329 Å². The number of anilines is 1. The summed E-state index contributed by atoms with van der Waals surface area (Å²) in [6.45, 7) is 9.66. The largest absolute Gasteiger partial charge is 0.441 e. The van der Waals surface area contributed by atoms with Crippen molar-refractivity contribution in [3.05, 3.63) is 71.2 Å². The molecule has 0 bridgehead atoms. The van der Waals surface area contributed by atoms with E-state index < -0.39 is 35.8 Å². The quantitative estimate of drug-likeness (QED) is 0.196. The van der Waals surface area contributed by atoms with Gasteiger partial charge in [-0.05, 0) is 73.9 Å². The number of rotatable bonds is 9. The molecular weight excluding hydrogens is 727 g/mol. The lowest BCUT2D eigenvalue weighted by atomic mass is 9.80. The normalized spacial score (nSPS) is 23.0. The molecule has 4 aromatic rings. The predicted molar refractivity (Wildman–Crippen MR) is 209 cm³/mol. The summed E-state index contributed by atoms with van der Waals surface area (Å²) in [6, 6.07) is 10.3. The molecule has 2 aromatic carbocycles. The molecule has 4 fully saturated rings. The van der Waals surface area contributed by atoms with Crippen LogP contribution in [0.3, 0.4) is 0 Å². The second kappa shape index (κ2) is 14.4. The predicted octanol–water partition coefficient (Wildman–Crippen LogP) is 4.96. The van der Waals surface area contributed by atoms with E-state index in [2.05, 4.69) is 47.6 Å². The summed E-state index contributed by atoms with van der Waals surface area (Å²) in [6.07, 6.45) is 7.42. The van der Waals surface area contributed by atoms with Crippen LogP contribution in [0.1, 0.15) is 109 Å². The highest BCUT2D eigenvalue weighted by atomic mass is 16.6. The van der Waals surface area contributed by atoms with Gasteiger partial charge in [0, 0.05) is 67.9 Å². The van der Waals surface area contributed by atoms with E-state index in [1.165, 1.54) is 0 Å². The molecule has 5 amide bonds. The van der Waals surface area contributed by atoms with Crippen LogP contribution in [0, 0.1) is 11.3 Å². The van der Waals surface area contributed by atoms with E-state index >= 15 is 0 Å². The lowest BCUT2D eigenvalue weighted by molar-refractivity contribution is -0.136. The van der Waals surface area contributed by atoms with Crippen molar-refractivity contribution in [2.24, 2.45) is 11.3 Å². The van der Waals surface area contributed by atoms with Gasteiger partial charge in [0.25, 0.3) is 11.8 Å². The van der Waals surface area contributed by atoms with E-state index in [-0.39, 0.29) is 41.5 Å². The van der Waals surface area contributed by atoms with E-state index in [1.807, 2.05) is 24.4 Å². The molecule has 57 heavy (non-hydrogen) atoms. The number of amides is 5. The average molecular weight is 774 g/mol. The highest BCUT2D eigenvalue weighted by molar-refractivity contribution is 6.23. The molecule has 3 N–H and O–H groups in total. The third-order valence-corrected chi connectivity index (χ3v) is 11.9. The lowest BCUT2D eigenvalue weighted by Gasteiger charge is -2.35. The molecule has 2 aromatic heterocycles. The van der Waals surface area contributed by atoms with Gasteiger partial charge in [-0.15, -0.1) is 0 Å². The maximum atomic E-state index is 13.3. The summed E-state index contributed by atoms with van der Waals surface area (Å²) in [5.74, 6) is -1.27. The Morgan fingerprint density at radius 1 is 0.947 bits per heavy atom. The van der Waals surface area contributed by atoms with Gasteiger partial charge in [-0.25, -0.2) is 9.78 Å². The van der Waals surface area contributed by atoms with Crippen molar-refractivity contribution >= 4 is 46.4 Å². The molecule has 0 radical (unpaired) electrons. The number of aromatic nitrogens is 4. The van der Waals surface area contributed by atoms with E-state index in [4.69, 9.17) is 19.8 Å². The highest BCUT2D eigenvalue weighted by Gasteiger charge is 2.45. The van der Waals surface area contributed by atoms with Crippen molar-refractivity contribution < 1.29 is 28.7 Å². The van der Waals surface area contributed by atoms with E-state index in [0.29, 0.717) is 31.5 Å². The topological polar surface area (TPSA) is 181 Å². The number of carbonyl (C=O) groups is 5. The molecule has 2 aliphatic carbocycles. The zero-order valence-electron chi connectivity index (χ0n) is 32.4. The second-order valence-electron chi connectivity index (χ2n) is 17.1. The molecule has 3 aliphatic heterocycles. The standard InChI is InChI=1S/C42H47N9O6/c1-42(2,3)37(57-41(56)49-14-12-43-13-15-49)25-6-9-31-32(18-25)46-33(21-45-31)30-22-50(48-36(30)24-4-5-24)27-16-23(17-27)20-44-26-7-8-28-29(19-26)40(55)51(39(28)54)34-10-11-35(52)47-38(34)53/h6-9,18-19,21-24,27,34,37,43-44H,4-5,10-17,20H2,1-3H3,(H,47,52,53)/t23-,27-,34?,37?. The Bertz CT molecular complexity index is 2300. The fourth-order valence-electron chi connectivity index (χ4n) is 8.46. The third kappa shape index (κ3) is 7.13. The maximum absolute atomic E-state index is 13.3. The molecule has 0 spiro atoms. The Hall–Kier alpha value is -5.70. The minimum Gasteiger partial charge on any atom is -0.441 e. The number of fused-ring (bicyclic) bond motifs is 2. The highest BCUT2D eigenvalue weighted by Crippen LogP contribution is 2.46. The van der Waals surface area contributed by atoms with Gasteiger partial charge in [0.2, 0.25) is 11.8 Å². The zero-order chi connectivity index (χ0) is 39.6. The molecule has 15 nitrogen and oxygen atoms in total. The van der Waals surface area contributed by atoms with Crippen molar-refractivity contribution in [1.82, 2.24) is 40.2 Å². The number of hydrogen-bond acceptors (Lipinski definition) is 11. The maximum Gasteiger partial charge on any atom is 0.410 e. The van der Waals surface area contributed by atoms with Crippen molar-refractivity contribution in [1.29, 1.82) is 0 Å². The van der Waals surface area contributed by atoms with Crippen LogP contribution in [0.2, 0.25) is 0 Å². The van der Waals surface area contributed by atoms with Gasteiger partial charge in [-0.1, -0.05) is 26.8 Å². The monoisotopic (exact) mass is 773 g/mol. The van der Waals surface area contributed by atoms with E-state index in [0.717, 1.165) is 82.9 Å². The molecule has 5 heterocycles. The summed E-state index contributed by atoms with van der Waals surface area (Å²) < 4.78 is 8.26. The molecule has 9 rings (SSSR count). The van der Waals surface area contributed by atoms with Crippen molar-refractivity contribution in [3.8, 4) is 11.3 Å². The van der Waals surface area contributed by atoms with Crippen LogP contribution in [0.4, 0.5) is 10.5 Å². The van der Waals surface area contributed by atoms with Crippen LogP contribution < -0.4 is 16.0 Å². The van der Waals surface area contributed by atoms with E-state index in [1.54, 1.807) is 23.1 Å². The number of imide groups is 2. The third-order valence-electron chi connectivity index (χ3n) is 11.9. The van der Waals surface area contributed by atoms with Crippen LogP contribution in [-0.4, -0.2) is 98.0 Å².